The minimum Gasteiger partial charge on any atom is -0.480 e. The van der Waals surface area contributed by atoms with Crippen molar-refractivity contribution in [2.75, 3.05) is 0 Å². The van der Waals surface area contributed by atoms with Gasteiger partial charge in [-0.25, -0.2) is 4.79 Å². The van der Waals surface area contributed by atoms with E-state index in [1.807, 2.05) is 30.3 Å². The third-order valence-corrected chi connectivity index (χ3v) is 4.34. The Bertz CT molecular complexity index is 811. The van der Waals surface area contributed by atoms with Gasteiger partial charge in [-0.3, -0.25) is 9.59 Å². The molecule has 0 spiro atoms. The van der Waals surface area contributed by atoms with Crippen molar-refractivity contribution >= 4 is 29.4 Å². The van der Waals surface area contributed by atoms with Gasteiger partial charge in [0, 0.05) is 24.8 Å². The summed E-state index contributed by atoms with van der Waals surface area (Å²) in [5, 5.41) is 15.0. The molecule has 0 aliphatic carbocycles. The first-order valence-electron chi connectivity index (χ1n) is 8.44. The lowest BCUT2D eigenvalue weighted by atomic mass is 10.0. The summed E-state index contributed by atoms with van der Waals surface area (Å²) in [4.78, 5) is 35.7. The highest BCUT2D eigenvalue weighted by molar-refractivity contribution is 6.31. The van der Waals surface area contributed by atoms with Gasteiger partial charge in [0.05, 0.1) is 0 Å². The van der Waals surface area contributed by atoms with Crippen LogP contribution in [0.15, 0.2) is 54.6 Å². The van der Waals surface area contributed by atoms with Crippen LogP contribution in [0.25, 0.3) is 0 Å². The fourth-order valence-corrected chi connectivity index (χ4v) is 2.87. The van der Waals surface area contributed by atoms with Gasteiger partial charge in [0.2, 0.25) is 11.8 Å². The van der Waals surface area contributed by atoms with Crippen molar-refractivity contribution < 1.29 is 19.5 Å². The van der Waals surface area contributed by atoms with Gasteiger partial charge in [-0.2, -0.15) is 0 Å². The lowest BCUT2D eigenvalue weighted by Crippen LogP contribution is -2.52. The molecule has 2 atom stereocenters. The number of amides is 2. The molecule has 0 aliphatic heterocycles. The van der Waals surface area contributed by atoms with Gasteiger partial charge in [-0.1, -0.05) is 60.1 Å². The lowest BCUT2D eigenvalue weighted by molar-refractivity contribution is -0.142. The topological polar surface area (TPSA) is 95.5 Å². The summed E-state index contributed by atoms with van der Waals surface area (Å²) in [5.41, 5.74) is 1.47. The Morgan fingerprint density at radius 1 is 0.926 bits per heavy atom. The van der Waals surface area contributed by atoms with Crippen LogP contribution in [0.4, 0.5) is 0 Å². The van der Waals surface area contributed by atoms with Crippen LogP contribution in [-0.4, -0.2) is 35.0 Å². The maximum absolute atomic E-state index is 12.7. The Morgan fingerprint density at radius 3 is 2.15 bits per heavy atom. The lowest BCUT2D eigenvalue weighted by Gasteiger charge is -2.21. The van der Waals surface area contributed by atoms with E-state index in [2.05, 4.69) is 10.6 Å². The number of rotatable bonds is 8. The number of nitrogens with one attached hydrogen (secondary N) is 2. The van der Waals surface area contributed by atoms with E-state index in [1.54, 1.807) is 24.3 Å². The summed E-state index contributed by atoms with van der Waals surface area (Å²) in [6.07, 6.45) is 0.295. The largest absolute Gasteiger partial charge is 0.480 e. The fourth-order valence-electron chi connectivity index (χ4n) is 2.66. The highest BCUT2D eigenvalue weighted by Gasteiger charge is 2.26. The number of carbonyl (C=O) groups is 3. The molecule has 0 unspecified atom stereocenters. The zero-order valence-corrected chi connectivity index (χ0v) is 15.6. The molecule has 0 bridgehead atoms. The standard InChI is InChI=1S/C20H21ClN2O4/c1-13(24)22-17(11-14-7-3-2-4-8-14)19(25)23-18(20(26)27)12-15-9-5-6-10-16(15)21/h2-10,17-18H,11-12H2,1H3,(H,22,24)(H,23,25)(H,26,27)/t17-,18-/m1/s1. The average molecular weight is 389 g/mol. The summed E-state index contributed by atoms with van der Waals surface area (Å²) in [5.74, 6) is -2.11. The number of hydrogen-bond acceptors (Lipinski definition) is 3. The van der Waals surface area contributed by atoms with Crippen molar-refractivity contribution in [3.8, 4) is 0 Å². The third kappa shape index (κ3) is 6.42. The van der Waals surface area contributed by atoms with Crippen LogP contribution >= 0.6 is 11.6 Å². The smallest absolute Gasteiger partial charge is 0.326 e. The van der Waals surface area contributed by atoms with Crippen molar-refractivity contribution in [1.82, 2.24) is 10.6 Å². The van der Waals surface area contributed by atoms with Crippen LogP contribution in [0.5, 0.6) is 0 Å². The van der Waals surface area contributed by atoms with Gasteiger partial charge >= 0.3 is 5.97 Å². The second-order valence-electron chi connectivity index (χ2n) is 6.14. The van der Waals surface area contributed by atoms with E-state index in [0.29, 0.717) is 10.6 Å². The Balaban J connectivity index is 2.13. The molecule has 0 aromatic heterocycles. The predicted octanol–water partition coefficient (Wildman–Crippen LogP) is 2.20. The van der Waals surface area contributed by atoms with Crippen molar-refractivity contribution in [3.63, 3.8) is 0 Å². The predicted molar refractivity (Wildman–Crippen MR) is 102 cm³/mol. The van der Waals surface area contributed by atoms with E-state index >= 15 is 0 Å². The van der Waals surface area contributed by atoms with Crippen LogP contribution in [0.3, 0.4) is 0 Å². The number of carboxylic acid groups (broad SMARTS) is 1. The molecule has 3 N–H and O–H groups in total. The van der Waals surface area contributed by atoms with E-state index in [-0.39, 0.29) is 18.7 Å². The summed E-state index contributed by atoms with van der Waals surface area (Å²) in [7, 11) is 0. The first-order chi connectivity index (χ1) is 12.9. The van der Waals surface area contributed by atoms with Gasteiger partial charge in [-0.05, 0) is 17.2 Å². The van der Waals surface area contributed by atoms with Gasteiger partial charge in [-0.15, -0.1) is 0 Å². The molecule has 6 nitrogen and oxygen atoms in total. The molecule has 0 fully saturated rings. The maximum Gasteiger partial charge on any atom is 0.326 e. The molecule has 2 aromatic rings. The zero-order valence-electron chi connectivity index (χ0n) is 14.8. The van der Waals surface area contributed by atoms with Crippen LogP contribution in [0.1, 0.15) is 18.1 Å². The van der Waals surface area contributed by atoms with Crippen molar-refractivity contribution in [2.45, 2.75) is 31.8 Å². The fraction of sp³-hybridized carbons (Fsp3) is 0.250. The number of aliphatic carboxylic acids is 1. The van der Waals surface area contributed by atoms with Crippen molar-refractivity contribution in [2.24, 2.45) is 0 Å². The average Bonchev–Trinajstić information content (AvgIpc) is 2.62. The number of carboxylic acids is 1. The Kier molecular flexibility index (Phi) is 7.37. The van der Waals surface area contributed by atoms with E-state index < -0.39 is 24.0 Å². The minimum absolute atomic E-state index is 0.0406. The monoisotopic (exact) mass is 388 g/mol. The molecule has 7 heteroatoms. The molecule has 142 valence electrons. The Morgan fingerprint density at radius 2 is 1.56 bits per heavy atom. The first-order valence-corrected chi connectivity index (χ1v) is 8.82. The molecule has 27 heavy (non-hydrogen) atoms. The summed E-state index contributed by atoms with van der Waals surface area (Å²) >= 11 is 6.09. The third-order valence-electron chi connectivity index (χ3n) is 3.97. The first kappa shape index (κ1) is 20.5. The zero-order chi connectivity index (χ0) is 19.8. The quantitative estimate of drug-likeness (QED) is 0.646. The minimum atomic E-state index is -1.18. The van der Waals surface area contributed by atoms with Gasteiger partial charge in [0.15, 0.2) is 0 Å². The Labute approximate surface area is 162 Å². The van der Waals surface area contributed by atoms with Gasteiger partial charge in [0.1, 0.15) is 12.1 Å². The molecule has 2 amide bonds. The molecule has 0 heterocycles. The number of benzene rings is 2. The Hall–Kier alpha value is -2.86. The molecule has 0 saturated carbocycles. The van der Waals surface area contributed by atoms with E-state index in [1.165, 1.54) is 6.92 Å². The second-order valence-corrected chi connectivity index (χ2v) is 6.54. The van der Waals surface area contributed by atoms with Crippen LogP contribution in [-0.2, 0) is 27.2 Å². The summed E-state index contributed by atoms with van der Waals surface area (Å²) < 4.78 is 0. The molecule has 0 radical (unpaired) electrons. The number of carbonyl (C=O) groups excluding carboxylic acids is 2. The maximum atomic E-state index is 12.7. The molecule has 2 aromatic carbocycles. The highest BCUT2D eigenvalue weighted by Crippen LogP contribution is 2.17. The molecular formula is C20H21ClN2O4. The van der Waals surface area contributed by atoms with Crippen LogP contribution in [0, 0.1) is 0 Å². The molecule has 2 rings (SSSR count). The van der Waals surface area contributed by atoms with Crippen molar-refractivity contribution in [1.29, 1.82) is 0 Å². The summed E-state index contributed by atoms with van der Waals surface area (Å²) in [6, 6.07) is 14.0. The van der Waals surface area contributed by atoms with Crippen molar-refractivity contribution in [3.05, 3.63) is 70.7 Å². The van der Waals surface area contributed by atoms with E-state index in [9.17, 15) is 19.5 Å². The molecule has 0 saturated heterocycles. The normalized spacial score (nSPS) is 12.7. The molecule has 0 aliphatic rings. The van der Waals surface area contributed by atoms with E-state index in [4.69, 9.17) is 11.6 Å². The van der Waals surface area contributed by atoms with Crippen LogP contribution < -0.4 is 10.6 Å². The number of hydrogen-bond donors (Lipinski definition) is 3. The second kappa shape index (κ2) is 9.73. The molecular weight excluding hydrogens is 368 g/mol. The van der Waals surface area contributed by atoms with E-state index in [0.717, 1.165) is 5.56 Å². The van der Waals surface area contributed by atoms with Gasteiger partial charge in [0.25, 0.3) is 0 Å². The van der Waals surface area contributed by atoms with Crippen LogP contribution in [0.2, 0.25) is 5.02 Å². The number of halogens is 1. The highest BCUT2D eigenvalue weighted by atomic mass is 35.5. The van der Waals surface area contributed by atoms with Gasteiger partial charge < -0.3 is 15.7 Å². The summed E-state index contributed by atoms with van der Waals surface area (Å²) in [6.45, 7) is 1.31. The SMILES string of the molecule is CC(=O)N[C@H](Cc1ccccc1)C(=O)N[C@H](Cc1ccccc1Cl)C(=O)O.